The molecule has 0 bridgehead atoms. The standard InChI is InChI=1S/C26H27N5O2S/c1-14-7-8-21(13-15(14)2)31-25(20-9-11-27-12-10-20)29-30-26(31)34-19(6)24(33)23-16(3)22(18(5)32)17(4)28-23/h7-13,19,28H,1-6H3. The van der Waals surface area contributed by atoms with Gasteiger partial charge in [0.05, 0.1) is 16.6 Å². The lowest BCUT2D eigenvalue weighted by molar-refractivity contribution is 0.0988. The molecule has 0 amide bonds. The number of hydrogen-bond donors (Lipinski definition) is 1. The van der Waals surface area contributed by atoms with Crippen molar-refractivity contribution in [3.63, 3.8) is 0 Å². The molecule has 1 unspecified atom stereocenters. The zero-order chi connectivity index (χ0) is 24.6. The Bertz CT molecular complexity index is 1390. The third kappa shape index (κ3) is 4.33. The number of rotatable bonds is 7. The van der Waals surface area contributed by atoms with Gasteiger partial charge in [0.1, 0.15) is 0 Å². The van der Waals surface area contributed by atoms with Crippen LogP contribution in [0.4, 0.5) is 0 Å². The maximum Gasteiger partial charge on any atom is 0.196 e. The lowest BCUT2D eigenvalue weighted by atomic mass is 10.0. The van der Waals surface area contributed by atoms with E-state index in [4.69, 9.17) is 0 Å². The quantitative estimate of drug-likeness (QED) is 0.283. The fourth-order valence-corrected chi connectivity index (χ4v) is 5.00. The van der Waals surface area contributed by atoms with Crippen LogP contribution in [0.1, 0.15) is 57.1 Å². The number of carbonyl (C=O) groups is 2. The van der Waals surface area contributed by atoms with Crippen LogP contribution < -0.4 is 0 Å². The number of hydrogen-bond acceptors (Lipinski definition) is 6. The first-order valence-electron chi connectivity index (χ1n) is 11.0. The fraction of sp³-hybridized carbons (Fsp3) is 0.269. The SMILES string of the molecule is CC(=O)c1c(C)[nH]c(C(=O)C(C)Sc2nnc(-c3ccncc3)n2-c2ccc(C)c(C)c2)c1C. The van der Waals surface area contributed by atoms with Crippen LogP contribution in [-0.2, 0) is 0 Å². The number of aryl methyl sites for hydroxylation is 3. The van der Waals surface area contributed by atoms with Gasteiger partial charge in [0.15, 0.2) is 22.5 Å². The summed E-state index contributed by atoms with van der Waals surface area (Å²) >= 11 is 1.35. The van der Waals surface area contributed by atoms with Gasteiger partial charge in [-0.05, 0) is 82.5 Å². The highest BCUT2D eigenvalue weighted by Crippen LogP contribution is 2.32. The fourth-order valence-electron chi connectivity index (χ4n) is 4.07. The highest BCUT2D eigenvalue weighted by atomic mass is 32.2. The summed E-state index contributed by atoms with van der Waals surface area (Å²) in [4.78, 5) is 32.6. The number of aromatic nitrogens is 5. The zero-order valence-corrected chi connectivity index (χ0v) is 20.9. The van der Waals surface area contributed by atoms with Gasteiger partial charge in [-0.25, -0.2) is 0 Å². The predicted octanol–water partition coefficient (Wildman–Crippen LogP) is 5.46. The Morgan fingerprint density at radius 1 is 1.00 bits per heavy atom. The van der Waals surface area contributed by atoms with Gasteiger partial charge < -0.3 is 4.98 Å². The Labute approximate surface area is 203 Å². The van der Waals surface area contributed by atoms with Crippen molar-refractivity contribution in [1.29, 1.82) is 0 Å². The Hall–Kier alpha value is -3.52. The van der Waals surface area contributed by atoms with E-state index in [2.05, 4.69) is 46.1 Å². The molecule has 0 aliphatic rings. The highest BCUT2D eigenvalue weighted by Gasteiger charge is 2.27. The molecule has 1 aromatic carbocycles. The summed E-state index contributed by atoms with van der Waals surface area (Å²) in [6, 6.07) is 9.97. The van der Waals surface area contributed by atoms with E-state index in [0.717, 1.165) is 16.8 Å². The molecular formula is C26H27N5O2S. The second kappa shape index (κ2) is 9.38. The predicted molar refractivity (Wildman–Crippen MR) is 134 cm³/mol. The Morgan fingerprint density at radius 2 is 1.71 bits per heavy atom. The topological polar surface area (TPSA) is 93.5 Å². The van der Waals surface area contributed by atoms with Gasteiger partial charge in [0.25, 0.3) is 0 Å². The number of aromatic amines is 1. The van der Waals surface area contributed by atoms with Crippen molar-refractivity contribution in [2.45, 2.75) is 51.9 Å². The molecular weight excluding hydrogens is 446 g/mol. The van der Waals surface area contributed by atoms with E-state index in [1.165, 1.54) is 24.2 Å². The molecule has 0 radical (unpaired) electrons. The first kappa shape index (κ1) is 23.6. The minimum Gasteiger partial charge on any atom is -0.355 e. The lowest BCUT2D eigenvalue weighted by Crippen LogP contribution is -2.16. The molecule has 0 saturated carbocycles. The molecule has 0 spiro atoms. The normalized spacial score (nSPS) is 12.1. The number of Topliss-reactive ketones (excluding diaryl/α,β-unsaturated/α-hetero) is 2. The Kier molecular flexibility index (Phi) is 6.52. The van der Waals surface area contributed by atoms with Crippen molar-refractivity contribution >= 4 is 23.3 Å². The van der Waals surface area contributed by atoms with Crippen LogP contribution in [0, 0.1) is 27.7 Å². The van der Waals surface area contributed by atoms with Crippen LogP contribution >= 0.6 is 11.8 Å². The van der Waals surface area contributed by atoms with Crippen LogP contribution in [0.15, 0.2) is 47.9 Å². The number of carbonyl (C=O) groups excluding carboxylic acids is 2. The molecule has 0 saturated heterocycles. The molecule has 1 atom stereocenters. The average Bonchev–Trinajstić information content (AvgIpc) is 3.35. The smallest absolute Gasteiger partial charge is 0.196 e. The van der Waals surface area contributed by atoms with Gasteiger partial charge >= 0.3 is 0 Å². The molecule has 3 heterocycles. The van der Waals surface area contributed by atoms with E-state index in [0.29, 0.717) is 33.5 Å². The summed E-state index contributed by atoms with van der Waals surface area (Å²) in [5.74, 6) is 0.541. The molecule has 1 N–H and O–H groups in total. The summed E-state index contributed by atoms with van der Waals surface area (Å²) in [6.07, 6.45) is 3.44. The number of pyridine rings is 1. The molecule has 174 valence electrons. The van der Waals surface area contributed by atoms with Crippen molar-refractivity contribution in [2.24, 2.45) is 0 Å². The molecule has 4 aromatic rings. The largest absolute Gasteiger partial charge is 0.355 e. The number of nitrogens with one attached hydrogen (secondary N) is 1. The first-order chi connectivity index (χ1) is 16.2. The van der Waals surface area contributed by atoms with Gasteiger partial charge in [0, 0.05) is 29.2 Å². The summed E-state index contributed by atoms with van der Waals surface area (Å²) in [6.45, 7) is 11.1. The number of nitrogens with zero attached hydrogens (tertiary/aromatic N) is 4. The molecule has 0 aliphatic carbocycles. The van der Waals surface area contributed by atoms with Gasteiger partial charge in [-0.1, -0.05) is 17.8 Å². The molecule has 34 heavy (non-hydrogen) atoms. The van der Waals surface area contributed by atoms with Crippen molar-refractivity contribution in [3.05, 3.63) is 76.4 Å². The van der Waals surface area contributed by atoms with Gasteiger partial charge in [0.2, 0.25) is 0 Å². The second-order valence-electron chi connectivity index (χ2n) is 8.45. The van der Waals surface area contributed by atoms with Crippen molar-refractivity contribution < 1.29 is 9.59 Å². The highest BCUT2D eigenvalue weighted by molar-refractivity contribution is 8.00. The number of thioether (sulfide) groups is 1. The van der Waals surface area contributed by atoms with Crippen molar-refractivity contribution in [2.75, 3.05) is 0 Å². The van der Waals surface area contributed by atoms with Crippen LogP contribution in [0.2, 0.25) is 0 Å². The Morgan fingerprint density at radius 3 is 2.32 bits per heavy atom. The summed E-state index contributed by atoms with van der Waals surface area (Å²) < 4.78 is 1.98. The minimum atomic E-state index is -0.448. The van der Waals surface area contributed by atoms with Crippen LogP contribution in [-0.4, -0.2) is 41.5 Å². The average molecular weight is 474 g/mol. The van der Waals surface area contributed by atoms with E-state index >= 15 is 0 Å². The monoisotopic (exact) mass is 473 g/mol. The van der Waals surface area contributed by atoms with Crippen LogP contribution in [0.5, 0.6) is 0 Å². The van der Waals surface area contributed by atoms with Crippen LogP contribution in [0.3, 0.4) is 0 Å². The summed E-state index contributed by atoms with van der Waals surface area (Å²) in [5.41, 5.74) is 6.61. The Balaban J connectivity index is 1.74. The minimum absolute atomic E-state index is 0.0536. The summed E-state index contributed by atoms with van der Waals surface area (Å²) in [7, 11) is 0. The van der Waals surface area contributed by atoms with Gasteiger partial charge in [-0.2, -0.15) is 0 Å². The van der Waals surface area contributed by atoms with E-state index in [-0.39, 0.29) is 11.6 Å². The van der Waals surface area contributed by atoms with E-state index in [9.17, 15) is 9.59 Å². The van der Waals surface area contributed by atoms with Crippen molar-refractivity contribution in [3.8, 4) is 17.1 Å². The third-order valence-corrected chi connectivity index (χ3v) is 7.05. The lowest BCUT2D eigenvalue weighted by Gasteiger charge is -2.14. The molecule has 3 aromatic heterocycles. The van der Waals surface area contributed by atoms with Crippen molar-refractivity contribution in [1.82, 2.24) is 24.7 Å². The molecule has 7 nitrogen and oxygen atoms in total. The maximum atomic E-state index is 13.4. The third-order valence-electron chi connectivity index (χ3n) is 6.01. The van der Waals surface area contributed by atoms with Crippen LogP contribution in [0.25, 0.3) is 17.1 Å². The van der Waals surface area contributed by atoms with Gasteiger partial charge in [-0.3, -0.25) is 19.1 Å². The number of benzene rings is 1. The first-order valence-corrected chi connectivity index (χ1v) is 11.9. The summed E-state index contributed by atoms with van der Waals surface area (Å²) in [5, 5.41) is 9.08. The second-order valence-corrected chi connectivity index (χ2v) is 9.76. The maximum absolute atomic E-state index is 13.4. The van der Waals surface area contributed by atoms with E-state index < -0.39 is 5.25 Å². The number of H-pyrrole nitrogens is 1. The zero-order valence-electron chi connectivity index (χ0n) is 20.1. The van der Waals surface area contributed by atoms with E-state index in [1.54, 1.807) is 12.4 Å². The molecule has 0 aliphatic heterocycles. The molecule has 8 heteroatoms. The molecule has 0 fully saturated rings. The molecule has 4 rings (SSSR count). The van der Waals surface area contributed by atoms with E-state index in [1.807, 2.05) is 43.5 Å². The number of ketones is 2. The van der Waals surface area contributed by atoms with Gasteiger partial charge in [-0.15, -0.1) is 10.2 Å².